The van der Waals surface area contributed by atoms with E-state index in [1.807, 2.05) is 6.26 Å². The minimum atomic E-state index is -0.700. The van der Waals surface area contributed by atoms with Crippen LogP contribution in [0.3, 0.4) is 0 Å². The molecule has 1 aromatic rings. The van der Waals surface area contributed by atoms with Gasteiger partial charge in [-0.25, -0.2) is 0 Å². The van der Waals surface area contributed by atoms with Crippen molar-refractivity contribution in [1.29, 1.82) is 0 Å². The number of hydrogen-bond acceptors (Lipinski definition) is 4. The van der Waals surface area contributed by atoms with Crippen molar-refractivity contribution in [3.05, 3.63) is 28.8 Å². The van der Waals surface area contributed by atoms with Crippen molar-refractivity contribution in [1.82, 2.24) is 10.2 Å². The number of benzene rings is 1. The van der Waals surface area contributed by atoms with E-state index in [4.69, 9.17) is 11.6 Å². The van der Waals surface area contributed by atoms with Gasteiger partial charge in [-0.1, -0.05) is 11.6 Å². The van der Waals surface area contributed by atoms with Crippen LogP contribution >= 0.6 is 23.4 Å². The Hall–Kier alpha value is -1.53. The van der Waals surface area contributed by atoms with Gasteiger partial charge < -0.3 is 4.90 Å². The first-order chi connectivity index (χ1) is 9.43. The second-order valence-corrected chi connectivity index (χ2v) is 5.65. The molecule has 0 aliphatic carbocycles. The molecule has 1 aliphatic rings. The summed E-state index contributed by atoms with van der Waals surface area (Å²) < 4.78 is 0. The summed E-state index contributed by atoms with van der Waals surface area (Å²) >= 11 is 7.53. The molecular weight excluding hydrogens is 300 g/mol. The highest BCUT2D eigenvalue weighted by atomic mass is 35.5. The molecule has 0 spiro atoms. The van der Waals surface area contributed by atoms with Gasteiger partial charge in [0, 0.05) is 4.90 Å². The number of nitrogens with zero attached hydrogens (tertiary/aromatic N) is 1. The molecule has 106 valence electrons. The Morgan fingerprint density at radius 2 is 2.15 bits per heavy atom. The Morgan fingerprint density at radius 3 is 2.80 bits per heavy atom. The smallest absolute Gasteiger partial charge is 0.256 e. The van der Waals surface area contributed by atoms with Gasteiger partial charge in [0.25, 0.3) is 5.91 Å². The summed E-state index contributed by atoms with van der Waals surface area (Å²) in [7, 11) is 0. The van der Waals surface area contributed by atoms with Crippen LogP contribution in [0.25, 0.3) is 0 Å². The lowest BCUT2D eigenvalue weighted by atomic mass is 10.1. The topological polar surface area (TPSA) is 66.5 Å². The average molecular weight is 313 g/mol. The van der Waals surface area contributed by atoms with Crippen LogP contribution in [0.15, 0.2) is 23.1 Å². The van der Waals surface area contributed by atoms with E-state index in [-0.39, 0.29) is 6.54 Å². The molecule has 1 aromatic carbocycles. The summed E-state index contributed by atoms with van der Waals surface area (Å²) in [5.41, 5.74) is 0.299. The molecule has 0 bridgehead atoms. The number of rotatable bonds is 2. The lowest BCUT2D eigenvalue weighted by molar-refractivity contribution is -0.138. The van der Waals surface area contributed by atoms with Crippen molar-refractivity contribution < 1.29 is 14.4 Å². The third-order valence-electron chi connectivity index (χ3n) is 3.09. The summed E-state index contributed by atoms with van der Waals surface area (Å²) in [6.45, 7) is 1.43. The number of piperazine rings is 1. The lowest BCUT2D eigenvalue weighted by Crippen LogP contribution is -2.58. The van der Waals surface area contributed by atoms with E-state index in [1.54, 1.807) is 25.1 Å². The summed E-state index contributed by atoms with van der Waals surface area (Å²) in [5, 5.41) is 2.50. The normalized spacial score (nSPS) is 18.9. The zero-order chi connectivity index (χ0) is 14.9. The number of hydrogen-bond donors (Lipinski definition) is 1. The van der Waals surface area contributed by atoms with Crippen LogP contribution in [0.2, 0.25) is 5.02 Å². The van der Waals surface area contributed by atoms with Gasteiger partial charge >= 0.3 is 0 Å². The van der Waals surface area contributed by atoms with E-state index >= 15 is 0 Å². The van der Waals surface area contributed by atoms with Gasteiger partial charge in [0.2, 0.25) is 11.8 Å². The van der Waals surface area contributed by atoms with Gasteiger partial charge in [0.05, 0.1) is 10.6 Å². The van der Waals surface area contributed by atoms with Gasteiger partial charge in [-0.15, -0.1) is 11.8 Å². The van der Waals surface area contributed by atoms with Gasteiger partial charge in [-0.05, 0) is 31.4 Å². The molecule has 2 rings (SSSR count). The van der Waals surface area contributed by atoms with Gasteiger partial charge in [0.15, 0.2) is 0 Å². The molecule has 20 heavy (non-hydrogen) atoms. The first-order valence-corrected chi connectivity index (χ1v) is 7.52. The van der Waals surface area contributed by atoms with Crippen LogP contribution < -0.4 is 5.32 Å². The number of carbonyl (C=O) groups is 3. The van der Waals surface area contributed by atoms with Crippen LogP contribution in [0.4, 0.5) is 0 Å². The fraction of sp³-hybridized carbons (Fsp3) is 0.308. The molecule has 3 amide bonds. The third kappa shape index (κ3) is 2.81. The Morgan fingerprint density at radius 1 is 1.45 bits per heavy atom. The zero-order valence-corrected chi connectivity index (χ0v) is 12.5. The summed E-state index contributed by atoms with van der Waals surface area (Å²) in [6.07, 6.45) is 1.89. The monoisotopic (exact) mass is 312 g/mol. The van der Waals surface area contributed by atoms with Crippen molar-refractivity contribution in [2.24, 2.45) is 0 Å². The highest BCUT2D eigenvalue weighted by Crippen LogP contribution is 2.25. The molecule has 7 heteroatoms. The highest BCUT2D eigenvalue weighted by molar-refractivity contribution is 7.98. The van der Waals surface area contributed by atoms with Crippen molar-refractivity contribution in [2.45, 2.75) is 17.9 Å². The molecule has 5 nitrogen and oxygen atoms in total. The zero-order valence-electron chi connectivity index (χ0n) is 11.0. The molecule has 1 N–H and O–H groups in total. The van der Waals surface area contributed by atoms with Gasteiger partial charge in [-0.2, -0.15) is 0 Å². The highest BCUT2D eigenvalue weighted by Gasteiger charge is 2.34. The molecule has 1 aliphatic heterocycles. The van der Waals surface area contributed by atoms with Crippen LogP contribution in [0.1, 0.15) is 17.3 Å². The SMILES string of the molecule is CSc1ccc(Cl)c(C(=O)N2CC(=O)NC(=O)C2C)c1. The molecule has 1 unspecified atom stereocenters. The number of halogens is 1. The minimum Gasteiger partial charge on any atom is -0.318 e. The van der Waals surface area contributed by atoms with Crippen molar-refractivity contribution in [3.63, 3.8) is 0 Å². The molecule has 0 saturated carbocycles. The maximum Gasteiger partial charge on any atom is 0.256 e. The second-order valence-electron chi connectivity index (χ2n) is 4.37. The molecule has 1 fully saturated rings. The van der Waals surface area contributed by atoms with E-state index in [1.165, 1.54) is 16.7 Å². The van der Waals surface area contributed by atoms with Gasteiger partial charge in [0.1, 0.15) is 12.6 Å². The first kappa shape index (κ1) is 14.9. The fourth-order valence-corrected chi connectivity index (χ4v) is 2.55. The maximum atomic E-state index is 12.5. The van der Waals surface area contributed by atoms with E-state index < -0.39 is 23.8 Å². The molecule has 1 heterocycles. The maximum absolute atomic E-state index is 12.5. The van der Waals surface area contributed by atoms with Crippen molar-refractivity contribution >= 4 is 41.1 Å². The Bertz CT molecular complexity index is 591. The number of nitrogens with one attached hydrogen (secondary N) is 1. The van der Waals surface area contributed by atoms with Crippen LogP contribution in [-0.2, 0) is 9.59 Å². The quantitative estimate of drug-likeness (QED) is 0.664. The first-order valence-electron chi connectivity index (χ1n) is 5.92. The predicted octanol–water partition coefficient (Wildman–Crippen LogP) is 1.55. The fourth-order valence-electron chi connectivity index (χ4n) is 1.91. The van der Waals surface area contributed by atoms with E-state index in [0.717, 1.165) is 4.90 Å². The summed E-state index contributed by atoms with van der Waals surface area (Å²) in [4.78, 5) is 37.6. The number of carbonyl (C=O) groups excluding carboxylic acids is 3. The third-order valence-corrected chi connectivity index (χ3v) is 4.14. The molecule has 1 atom stereocenters. The Kier molecular flexibility index (Phi) is 4.35. The Labute approximate surface area is 125 Å². The predicted molar refractivity (Wildman–Crippen MR) is 76.9 cm³/mol. The van der Waals surface area contributed by atoms with Crippen LogP contribution in [-0.4, -0.2) is 41.5 Å². The van der Waals surface area contributed by atoms with Gasteiger partial charge in [-0.3, -0.25) is 19.7 Å². The molecular formula is C13H13ClN2O3S. The van der Waals surface area contributed by atoms with E-state index in [2.05, 4.69) is 5.32 Å². The molecule has 0 aromatic heterocycles. The minimum absolute atomic E-state index is 0.147. The molecule has 0 radical (unpaired) electrons. The second kappa shape index (κ2) is 5.85. The Balaban J connectivity index is 2.35. The van der Waals surface area contributed by atoms with Crippen molar-refractivity contribution in [2.75, 3.05) is 12.8 Å². The van der Waals surface area contributed by atoms with Crippen LogP contribution in [0.5, 0.6) is 0 Å². The van der Waals surface area contributed by atoms with Crippen molar-refractivity contribution in [3.8, 4) is 0 Å². The average Bonchev–Trinajstić information content (AvgIpc) is 2.42. The number of imide groups is 1. The number of amides is 3. The van der Waals surface area contributed by atoms with E-state index in [9.17, 15) is 14.4 Å². The van der Waals surface area contributed by atoms with E-state index in [0.29, 0.717) is 10.6 Å². The number of thioether (sulfide) groups is 1. The standard InChI is InChI=1S/C13H13ClN2O3S/c1-7-12(18)15-11(17)6-16(7)13(19)9-5-8(20-2)3-4-10(9)14/h3-5,7H,6H2,1-2H3,(H,15,17,18). The lowest BCUT2D eigenvalue weighted by Gasteiger charge is -2.31. The van der Waals surface area contributed by atoms with Crippen LogP contribution in [0, 0.1) is 0 Å². The molecule has 1 saturated heterocycles. The summed E-state index contributed by atoms with van der Waals surface area (Å²) in [6, 6.07) is 4.41. The summed E-state index contributed by atoms with van der Waals surface area (Å²) in [5.74, 6) is -1.38. The largest absolute Gasteiger partial charge is 0.318 e.